The van der Waals surface area contributed by atoms with Gasteiger partial charge in [-0.15, -0.1) is 0 Å². The van der Waals surface area contributed by atoms with Gasteiger partial charge in [-0.25, -0.2) is 0 Å². The molecule has 4 N–H and O–H groups in total. The molecule has 0 aliphatic carbocycles. The Kier molecular flexibility index (Phi) is 10.2. The molecule has 2 aromatic rings. The number of para-hydroxylation sites is 1. The number of hydrogen-bond acceptors (Lipinski definition) is 7. The van der Waals surface area contributed by atoms with Crippen LogP contribution in [0.5, 0.6) is 11.5 Å². The molecule has 0 aromatic heterocycles. The molecule has 1 amide bonds. The van der Waals surface area contributed by atoms with Gasteiger partial charge in [0.15, 0.2) is 5.84 Å². The minimum atomic E-state index is -0.352. The van der Waals surface area contributed by atoms with Crippen LogP contribution in [-0.4, -0.2) is 63.8 Å². The SMILES string of the molecule is C=CC(=O)Nc1cccc(CN=C2C(=C)C=C(c3c(Cl)c(OC)cc(OC)c3Cl)NC2=NCCN(C)C)c1N. The third-order valence-electron chi connectivity index (χ3n) is 5.81. The number of anilines is 2. The minimum absolute atomic E-state index is 0.226. The largest absolute Gasteiger partial charge is 0.495 e. The van der Waals surface area contributed by atoms with Crippen molar-refractivity contribution in [1.82, 2.24) is 10.2 Å². The second-order valence-electron chi connectivity index (χ2n) is 8.76. The van der Waals surface area contributed by atoms with E-state index in [4.69, 9.17) is 48.4 Å². The monoisotopic (exact) mass is 570 g/mol. The van der Waals surface area contributed by atoms with Gasteiger partial charge in [0, 0.05) is 18.2 Å². The Bertz CT molecular complexity index is 1350. The van der Waals surface area contributed by atoms with Gasteiger partial charge < -0.3 is 30.7 Å². The van der Waals surface area contributed by atoms with E-state index in [9.17, 15) is 4.79 Å². The van der Waals surface area contributed by atoms with Gasteiger partial charge >= 0.3 is 0 Å². The first-order valence-corrected chi connectivity index (χ1v) is 12.7. The van der Waals surface area contributed by atoms with Crippen LogP contribution in [-0.2, 0) is 11.3 Å². The zero-order valence-corrected chi connectivity index (χ0v) is 23.9. The fourth-order valence-electron chi connectivity index (χ4n) is 3.73. The molecule has 0 saturated heterocycles. The van der Waals surface area contributed by atoms with Gasteiger partial charge in [0.1, 0.15) is 17.2 Å². The number of hydrogen-bond donors (Lipinski definition) is 3. The van der Waals surface area contributed by atoms with Crippen molar-refractivity contribution >= 4 is 57.7 Å². The van der Waals surface area contributed by atoms with E-state index >= 15 is 0 Å². The maximum absolute atomic E-state index is 11.8. The molecule has 0 saturated carbocycles. The van der Waals surface area contributed by atoms with Crippen LogP contribution in [0.3, 0.4) is 0 Å². The molecular weight excluding hydrogens is 539 g/mol. The number of likely N-dealkylation sites (N-methyl/N-ethyl adjacent to an activating group) is 1. The van der Waals surface area contributed by atoms with E-state index in [0.29, 0.717) is 67.8 Å². The van der Waals surface area contributed by atoms with Crippen molar-refractivity contribution in [2.75, 3.05) is 52.5 Å². The number of allylic oxidation sites excluding steroid dienone is 1. The number of carbonyl (C=O) groups is 1. The molecule has 0 bridgehead atoms. The Morgan fingerprint density at radius 1 is 1.18 bits per heavy atom. The zero-order chi connectivity index (χ0) is 28.7. The second-order valence-corrected chi connectivity index (χ2v) is 9.52. The third-order valence-corrected chi connectivity index (χ3v) is 6.56. The van der Waals surface area contributed by atoms with Crippen LogP contribution < -0.4 is 25.8 Å². The Labute approximate surface area is 238 Å². The highest BCUT2D eigenvalue weighted by Crippen LogP contribution is 2.43. The van der Waals surface area contributed by atoms with E-state index in [1.807, 2.05) is 25.1 Å². The first kappa shape index (κ1) is 29.8. The summed E-state index contributed by atoms with van der Waals surface area (Å²) >= 11 is 13.3. The van der Waals surface area contributed by atoms with Crippen molar-refractivity contribution in [3.05, 3.63) is 76.3 Å². The Morgan fingerprint density at radius 3 is 2.44 bits per heavy atom. The van der Waals surface area contributed by atoms with E-state index in [0.717, 1.165) is 12.1 Å². The summed E-state index contributed by atoms with van der Waals surface area (Å²) in [6.45, 7) is 9.15. The van der Waals surface area contributed by atoms with Crippen LogP contribution in [0.4, 0.5) is 11.4 Å². The van der Waals surface area contributed by atoms with Gasteiger partial charge in [-0.1, -0.05) is 48.5 Å². The smallest absolute Gasteiger partial charge is 0.247 e. The van der Waals surface area contributed by atoms with Crippen molar-refractivity contribution in [2.45, 2.75) is 6.54 Å². The molecule has 206 valence electrons. The molecule has 3 rings (SSSR count). The summed E-state index contributed by atoms with van der Waals surface area (Å²) in [4.78, 5) is 23.3. The molecule has 1 heterocycles. The topological polar surface area (TPSA) is 114 Å². The number of nitrogen functional groups attached to an aromatic ring is 1. The molecule has 11 heteroatoms. The summed E-state index contributed by atoms with van der Waals surface area (Å²) in [5, 5.41) is 6.66. The summed E-state index contributed by atoms with van der Waals surface area (Å²) in [5.74, 6) is 0.967. The highest BCUT2D eigenvalue weighted by Gasteiger charge is 2.26. The lowest BCUT2D eigenvalue weighted by Gasteiger charge is -2.24. The molecule has 0 radical (unpaired) electrons. The van der Waals surface area contributed by atoms with E-state index in [1.165, 1.54) is 20.3 Å². The van der Waals surface area contributed by atoms with Crippen LogP contribution in [0.2, 0.25) is 10.0 Å². The van der Waals surface area contributed by atoms with Crippen LogP contribution in [0.1, 0.15) is 11.1 Å². The predicted octanol–water partition coefficient (Wildman–Crippen LogP) is 4.82. The fraction of sp³-hybridized carbons (Fsp3) is 0.250. The van der Waals surface area contributed by atoms with Crippen molar-refractivity contribution < 1.29 is 14.3 Å². The van der Waals surface area contributed by atoms with Gasteiger partial charge in [-0.05, 0) is 43.5 Å². The quantitative estimate of drug-likeness (QED) is 0.279. The number of ether oxygens (including phenoxy) is 2. The van der Waals surface area contributed by atoms with Gasteiger partial charge in [-0.3, -0.25) is 14.8 Å². The molecule has 9 nitrogen and oxygen atoms in total. The Morgan fingerprint density at radius 2 is 1.85 bits per heavy atom. The van der Waals surface area contributed by atoms with Crippen LogP contribution >= 0.6 is 23.2 Å². The number of benzene rings is 2. The third kappa shape index (κ3) is 7.00. The lowest BCUT2D eigenvalue weighted by atomic mass is 10.0. The highest BCUT2D eigenvalue weighted by molar-refractivity contribution is 6.51. The lowest BCUT2D eigenvalue weighted by molar-refractivity contribution is -0.111. The van der Waals surface area contributed by atoms with Crippen molar-refractivity contribution in [1.29, 1.82) is 0 Å². The van der Waals surface area contributed by atoms with E-state index in [-0.39, 0.29) is 12.5 Å². The molecular formula is C28H32Cl2N6O3. The van der Waals surface area contributed by atoms with Crippen molar-refractivity contribution in [3.63, 3.8) is 0 Å². The summed E-state index contributed by atoms with van der Waals surface area (Å²) in [6, 6.07) is 6.98. The minimum Gasteiger partial charge on any atom is -0.495 e. The fourth-order valence-corrected chi connectivity index (χ4v) is 4.44. The van der Waals surface area contributed by atoms with Crippen molar-refractivity contribution in [2.24, 2.45) is 9.98 Å². The molecule has 0 fully saturated rings. The molecule has 2 aromatic carbocycles. The Hall–Kier alpha value is -3.79. The standard InChI is InChI=1S/C28H32Cl2N6O3/c1-7-22(37)34-18-10-8-9-17(26(18)31)15-33-27-16(2)13-19(35-28(27)32-11-12-36(3)4)23-24(29)20(38-5)14-21(39-6)25(23)30/h7-10,13-14H,1-2,11-12,15,31H2,3-6H3,(H,32,35)(H,34,37). The first-order chi connectivity index (χ1) is 18.6. The molecule has 0 unspecified atom stereocenters. The predicted molar refractivity (Wildman–Crippen MR) is 161 cm³/mol. The Balaban J connectivity index is 2.05. The average Bonchev–Trinajstić information content (AvgIpc) is 2.90. The maximum Gasteiger partial charge on any atom is 0.247 e. The van der Waals surface area contributed by atoms with E-state index < -0.39 is 0 Å². The van der Waals surface area contributed by atoms with Gasteiger partial charge in [0.25, 0.3) is 0 Å². The summed E-state index contributed by atoms with van der Waals surface area (Å²) in [7, 11) is 6.97. The molecule has 1 aliphatic heterocycles. The normalized spacial score (nSPS) is 15.3. The van der Waals surface area contributed by atoms with Crippen LogP contribution in [0, 0.1) is 0 Å². The number of rotatable bonds is 10. The van der Waals surface area contributed by atoms with Crippen LogP contribution in [0.15, 0.2) is 65.1 Å². The molecule has 39 heavy (non-hydrogen) atoms. The number of nitrogens with one attached hydrogen (secondary N) is 2. The molecule has 0 spiro atoms. The number of carbonyl (C=O) groups excluding carboxylic acids is 1. The highest BCUT2D eigenvalue weighted by atomic mass is 35.5. The maximum atomic E-state index is 11.8. The molecule has 0 atom stereocenters. The average molecular weight is 572 g/mol. The lowest BCUT2D eigenvalue weighted by Crippen LogP contribution is -2.36. The number of methoxy groups -OCH3 is 2. The summed E-state index contributed by atoms with van der Waals surface area (Å²) < 4.78 is 10.9. The number of nitrogens with zero attached hydrogens (tertiary/aromatic N) is 3. The number of amidine groups is 1. The van der Waals surface area contributed by atoms with Crippen LogP contribution in [0.25, 0.3) is 5.70 Å². The van der Waals surface area contributed by atoms with Gasteiger partial charge in [0.05, 0.1) is 54.4 Å². The number of aliphatic imine (C=N–C) groups is 2. The number of nitrogens with two attached hydrogens (primary N) is 1. The van der Waals surface area contributed by atoms with Gasteiger partial charge in [0.2, 0.25) is 5.91 Å². The summed E-state index contributed by atoms with van der Waals surface area (Å²) in [5.41, 5.74) is 10.1. The zero-order valence-electron chi connectivity index (χ0n) is 22.4. The van der Waals surface area contributed by atoms with Crippen molar-refractivity contribution in [3.8, 4) is 11.5 Å². The van der Waals surface area contributed by atoms with Gasteiger partial charge in [-0.2, -0.15) is 0 Å². The number of halogens is 2. The number of amides is 1. The molecule has 1 aliphatic rings. The second kappa shape index (κ2) is 13.3. The summed E-state index contributed by atoms with van der Waals surface area (Å²) in [6.07, 6.45) is 2.97. The van der Waals surface area contributed by atoms with E-state index in [2.05, 4.69) is 23.8 Å². The first-order valence-electron chi connectivity index (χ1n) is 11.9. The van der Waals surface area contributed by atoms with E-state index in [1.54, 1.807) is 24.3 Å².